The quantitative estimate of drug-likeness (QED) is 0.733. The fraction of sp³-hybridized carbons (Fsp3) is 0.375. The molecular weight excluding hydrogens is 387 g/mol. The highest BCUT2D eigenvalue weighted by molar-refractivity contribution is 9.09. The average molecular weight is 404 g/mol. The molecule has 118 valence electrons. The van der Waals surface area contributed by atoms with Crippen LogP contribution in [0.15, 0.2) is 23.0 Å². The molecule has 1 N–H and O–H groups in total. The zero-order valence-electron chi connectivity index (χ0n) is 12.4. The molecule has 0 radical (unpaired) electrons. The van der Waals surface area contributed by atoms with Crippen LogP contribution >= 0.6 is 39.1 Å². The highest BCUT2D eigenvalue weighted by Gasteiger charge is 2.12. The molecule has 3 nitrogen and oxygen atoms in total. The summed E-state index contributed by atoms with van der Waals surface area (Å²) in [7, 11) is 0. The molecule has 2 rings (SSSR count). The van der Waals surface area contributed by atoms with Gasteiger partial charge in [0.1, 0.15) is 0 Å². The van der Waals surface area contributed by atoms with Crippen molar-refractivity contribution >= 4 is 39.1 Å². The highest BCUT2D eigenvalue weighted by Crippen LogP contribution is 2.29. The minimum Gasteiger partial charge on any atom is -0.268 e. The van der Waals surface area contributed by atoms with Crippen LogP contribution in [-0.4, -0.2) is 15.5 Å². The number of nitrogens with zero attached hydrogens (tertiary/aromatic N) is 1. The third-order valence-electron chi connectivity index (χ3n) is 3.45. The Kier molecular flexibility index (Phi) is 6.07. The Labute approximate surface area is 148 Å². The van der Waals surface area contributed by atoms with Crippen LogP contribution in [0.2, 0.25) is 10.0 Å². The molecule has 0 fully saturated rings. The Hall–Kier alpha value is -0.840. The number of H-pyrrole nitrogens is 1. The minimum absolute atomic E-state index is 0.137. The Balaban J connectivity index is 2.35. The maximum absolute atomic E-state index is 11.7. The van der Waals surface area contributed by atoms with Gasteiger partial charge in [-0.05, 0) is 41.7 Å². The van der Waals surface area contributed by atoms with Gasteiger partial charge >= 0.3 is 0 Å². The fourth-order valence-corrected chi connectivity index (χ4v) is 3.37. The molecule has 0 atom stereocenters. The monoisotopic (exact) mass is 402 g/mol. The number of nitrogens with one attached hydrogen (secondary N) is 1. The Morgan fingerprint density at radius 3 is 2.41 bits per heavy atom. The summed E-state index contributed by atoms with van der Waals surface area (Å²) in [5.74, 6) is 0.137. The first-order valence-electron chi connectivity index (χ1n) is 7.03. The number of benzene rings is 1. The first kappa shape index (κ1) is 17.5. The normalized spacial score (nSPS) is 11.2. The van der Waals surface area contributed by atoms with Crippen LogP contribution in [0, 0.1) is 0 Å². The van der Waals surface area contributed by atoms with Gasteiger partial charge in [0.05, 0.1) is 5.69 Å². The van der Waals surface area contributed by atoms with Crippen LogP contribution in [0.5, 0.6) is 0 Å². The molecule has 0 amide bonds. The number of aromatic nitrogens is 2. The number of aromatic amines is 1. The van der Waals surface area contributed by atoms with Crippen LogP contribution in [0.4, 0.5) is 0 Å². The molecule has 0 aliphatic rings. The van der Waals surface area contributed by atoms with Crippen LogP contribution in [0.3, 0.4) is 0 Å². The average Bonchev–Trinajstić information content (AvgIpc) is 2.44. The maximum Gasteiger partial charge on any atom is 0.267 e. The van der Waals surface area contributed by atoms with Crippen molar-refractivity contribution in [3.63, 3.8) is 0 Å². The first-order chi connectivity index (χ1) is 10.4. The SMILES string of the molecule is CC(C)c1cc(Cc2c(Cl)cc(CCBr)cc2Cl)n[nH]c1=O. The van der Waals surface area contributed by atoms with E-state index in [0.717, 1.165) is 28.6 Å². The molecule has 0 bridgehead atoms. The van der Waals surface area contributed by atoms with Crippen LogP contribution in [0.1, 0.15) is 42.1 Å². The predicted molar refractivity (Wildman–Crippen MR) is 95.7 cm³/mol. The van der Waals surface area contributed by atoms with E-state index >= 15 is 0 Å². The second kappa shape index (κ2) is 7.62. The Morgan fingerprint density at radius 2 is 1.86 bits per heavy atom. The molecule has 0 saturated carbocycles. The van der Waals surface area contributed by atoms with E-state index in [2.05, 4.69) is 26.1 Å². The van der Waals surface area contributed by atoms with Gasteiger partial charge in [0.15, 0.2) is 0 Å². The van der Waals surface area contributed by atoms with Gasteiger partial charge in [-0.25, -0.2) is 5.10 Å². The van der Waals surface area contributed by atoms with Gasteiger partial charge < -0.3 is 0 Å². The molecule has 2 aromatic rings. The lowest BCUT2D eigenvalue weighted by Crippen LogP contribution is -2.17. The third kappa shape index (κ3) is 4.12. The van der Waals surface area contributed by atoms with E-state index in [4.69, 9.17) is 23.2 Å². The van der Waals surface area contributed by atoms with Gasteiger partial charge in [0.25, 0.3) is 5.56 Å². The number of aryl methyl sites for hydroxylation is 1. The van der Waals surface area contributed by atoms with E-state index in [1.165, 1.54) is 0 Å². The summed E-state index contributed by atoms with van der Waals surface area (Å²) in [6, 6.07) is 5.68. The van der Waals surface area contributed by atoms with E-state index in [1.807, 2.05) is 32.0 Å². The summed E-state index contributed by atoms with van der Waals surface area (Å²) in [5, 5.41) is 8.75. The van der Waals surface area contributed by atoms with E-state index < -0.39 is 0 Å². The molecule has 0 aliphatic heterocycles. The molecule has 0 spiro atoms. The van der Waals surface area contributed by atoms with E-state index in [9.17, 15) is 4.79 Å². The summed E-state index contributed by atoms with van der Waals surface area (Å²) >= 11 is 16.1. The zero-order valence-corrected chi connectivity index (χ0v) is 15.5. The van der Waals surface area contributed by atoms with E-state index in [0.29, 0.717) is 22.0 Å². The molecule has 0 unspecified atom stereocenters. The topological polar surface area (TPSA) is 45.8 Å². The molecular formula is C16H17BrCl2N2O. The van der Waals surface area contributed by atoms with Crippen molar-refractivity contribution in [2.24, 2.45) is 0 Å². The van der Waals surface area contributed by atoms with Gasteiger partial charge in [-0.3, -0.25) is 4.79 Å². The maximum atomic E-state index is 11.7. The minimum atomic E-state index is -0.149. The second-order valence-electron chi connectivity index (χ2n) is 5.45. The molecule has 1 aromatic heterocycles. The van der Waals surface area contributed by atoms with Crippen molar-refractivity contribution in [1.82, 2.24) is 10.2 Å². The Bertz CT molecular complexity index is 705. The van der Waals surface area contributed by atoms with Gasteiger partial charge in [0.2, 0.25) is 0 Å². The summed E-state index contributed by atoms with van der Waals surface area (Å²) in [6.07, 6.45) is 1.36. The summed E-state index contributed by atoms with van der Waals surface area (Å²) in [5.41, 5.74) is 3.24. The third-order valence-corrected chi connectivity index (χ3v) is 4.52. The van der Waals surface area contributed by atoms with Crippen molar-refractivity contribution in [3.8, 4) is 0 Å². The fourth-order valence-electron chi connectivity index (χ4n) is 2.24. The number of rotatable bonds is 5. The van der Waals surface area contributed by atoms with Crippen molar-refractivity contribution in [3.05, 3.63) is 61.0 Å². The number of alkyl halides is 1. The van der Waals surface area contributed by atoms with Crippen molar-refractivity contribution in [1.29, 1.82) is 0 Å². The molecule has 0 aliphatic carbocycles. The predicted octanol–water partition coefficient (Wildman–Crippen LogP) is 4.73. The lowest BCUT2D eigenvalue weighted by Gasteiger charge is -2.11. The molecule has 0 saturated heterocycles. The largest absolute Gasteiger partial charge is 0.268 e. The van der Waals surface area contributed by atoms with Crippen molar-refractivity contribution < 1.29 is 0 Å². The lowest BCUT2D eigenvalue weighted by molar-refractivity contribution is 0.801. The highest BCUT2D eigenvalue weighted by atomic mass is 79.9. The zero-order chi connectivity index (χ0) is 16.3. The van der Waals surface area contributed by atoms with Crippen LogP contribution < -0.4 is 5.56 Å². The molecule has 1 aromatic carbocycles. The summed E-state index contributed by atoms with van der Waals surface area (Å²) < 4.78 is 0. The summed E-state index contributed by atoms with van der Waals surface area (Å²) in [6.45, 7) is 3.95. The van der Waals surface area contributed by atoms with Crippen LogP contribution in [-0.2, 0) is 12.8 Å². The van der Waals surface area contributed by atoms with Crippen molar-refractivity contribution in [2.45, 2.75) is 32.6 Å². The standard InChI is InChI=1S/C16H17BrCl2N2O/c1-9(2)12-7-11(20-21-16(12)22)8-13-14(18)5-10(3-4-17)6-15(13)19/h5-7,9H,3-4,8H2,1-2H3,(H,21,22). The van der Waals surface area contributed by atoms with Gasteiger partial charge in [0, 0.05) is 27.4 Å². The van der Waals surface area contributed by atoms with Gasteiger partial charge in [-0.2, -0.15) is 5.10 Å². The van der Waals surface area contributed by atoms with E-state index in [-0.39, 0.29) is 11.5 Å². The first-order valence-corrected chi connectivity index (χ1v) is 8.91. The van der Waals surface area contributed by atoms with Gasteiger partial charge in [-0.15, -0.1) is 0 Å². The molecule has 1 heterocycles. The Morgan fingerprint density at radius 1 is 1.23 bits per heavy atom. The number of halogens is 3. The summed E-state index contributed by atoms with van der Waals surface area (Å²) in [4.78, 5) is 11.7. The van der Waals surface area contributed by atoms with Crippen LogP contribution in [0.25, 0.3) is 0 Å². The van der Waals surface area contributed by atoms with Crippen molar-refractivity contribution in [2.75, 3.05) is 5.33 Å². The molecule has 6 heteroatoms. The molecule has 22 heavy (non-hydrogen) atoms. The lowest BCUT2D eigenvalue weighted by atomic mass is 10.0. The van der Waals surface area contributed by atoms with E-state index in [1.54, 1.807) is 0 Å². The number of hydrogen-bond donors (Lipinski definition) is 1. The van der Waals surface area contributed by atoms with Gasteiger partial charge in [-0.1, -0.05) is 53.0 Å². The number of hydrogen-bond acceptors (Lipinski definition) is 2. The second-order valence-corrected chi connectivity index (χ2v) is 7.06. The smallest absolute Gasteiger partial charge is 0.267 e.